The Hall–Kier alpha value is -4.01. The van der Waals surface area contributed by atoms with Gasteiger partial charge in [-0.05, 0) is 44.2 Å². The molecule has 9 nitrogen and oxygen atoms in total. The molecule has 2 amide bonds. The zero-order valence-corrected chi connectivity index (χ0v) is 21.2. The van der Waals surface area contributed by atoms with E-state index in [1.54, 1.807) is 14.0 Å². The summed E-state index contributed by atoms with van der Waals surface area (Å²) in [7, 11) is 3.11. The first kappa shape index (κ1) is 29.5. The van der Waals surface area contributed by atoms with Gasteiger partial charge in [-0.2, -0.15) is 31.0 Å². The molecule has 0 radical (unpaired) electrons. The molecule has 0 bridgehead atoms. The highest BCUT2D eigenvalue weighted by atomic mass is 19.4. The molecule has 0 aliphatic carbocycles. The van der Waals surface area contributed by atoms with Crippen molar-refractivity contribution in [3.63, 3.8) is 0 Å². The third-order valence-corrected chi connectivity index (χ3v) is 5.51. The Morgan fingerprint density at radius 3 is 2.18 bits per heavy atom. The number of hydrogen-bond donors (Lipinski definition) is 1. The summed E-state index contributed by atoms with van der Waals surface area (Å²) >= 11 is 0. The molecule has 0 unspecified atom stereocenters. The van der Waals surface area contributed by atoms with Gasteiger partial charge in [0.1, 0.15) is 5.82 Å². The van der Waals surface area contributed by atoms with Crippen molar-refractivity contribution >= 4 is 11.8 Å². The van der Waals surface area contributed by atoms with Crippen LogP contribution in [0.25, 0.3) is 5.82 Å². The summed E-state index contributed by atoms with van der Waals surface area (Å²) in [4.78, 5) is 35.1. The number of aryl methyl sites for hydroxylation is 1. The molecule has 2 heterocycles. The normalized spacial score (nSPS) is 12.8. The molecular formula is C24H24F6N6O3. The number of likely N-dealkylation sites (N-methyl/N-ethyl adjacent to an activating group) is 1. The van der Waals surface area contributed by atoms with Crippen molar-refractivity contribution in [3.05, 3.63) is 70.4 Å². The van der Waals surface area contributed by atoms with Crippen LogP contribution < -0.4 is 5.32 Å². The number of halogens is 6. The Morgan fingerprint density at radius 2 is 1.67 bits per heavy atom. The molecule has 0 aliphatic heterocycles. The van der Waals surface area contributed by atoms with Crippen LogP contribution in [0.2, 0.25) is 0 Å². The number of hydrogen-bond acceptors (Lipinski definition) is 6. The summed E-state index contributed by atoms with van der Waals surface area (Å²) in [5.74, 6) is -0.917. The fraction of sp³-hybridized carbons (Fsp3) is 0.375. The largest absolute Gasteiger partial charge is 0.416 e. The van der Waals surface area contributed by atoms with Crippen molar-refractivity contribution < 1.29 is 40.7 Å². The Balaban J connectivity index is 1.86. The van der Waals surface area contributed by atoms with E-state index in [9.17, 15) is 35.9 Å². The molecule has 1 atom stereocenters. The van der Waals surface area contributed by atoms with E-state index in [-0.39, 0.29) is 35.0 Å². The summed E-state index contributed by atoms with van der Waals surface area (Å²) in [6, 6.07) is 2.59. The molecule has 2 aromatic heterocycles. The third kappa shape index (κ3) is 7.10. The second-order valence-corrected chi connectivity index (χ2v) is 8.54. The Morgan fingerprint density at radius 1 is 1.05 bits per heavy atom. The van der Waals surface area contributed by atoms with Crippen molar-refractivity contribution in [2.75, 3.05) is 27.3 Å². The number of carbonyl (C=O) groups is 2. The maximum absolute atomic E-state index is 13.2. The van der Waals surface area contributed by atoms with Crippen molar-refractivity contribution in [3.8, 4) is 5.82 Å². The first-order valence-corrected chi connectivity index (χ1v) is 11.4. The van der Waals surface area contributed by atoms with Crippen LogP contribution in [-0.4, -0.2) is 63.8 Å². The molecule has 39 heavy (non-hydrogen) atoms. The molecule has 0 spiro atoms. The van der Waals surface area contributed by atoms with E-state index in [1.165, 1.54) is 41.9 Å². The Bertz CT molecular complexity index is 1310. The maximum Gasteiger partial charge on any atom is 0.416 e. The number of carbonyl (C=O) groups excluding carboxylic acids is 2. The zero-order chi connectivity index (χ0) is 29.1. The van der Waals surface area contributed by atoms with E-state index in [1.807, 2.05) is 0 Å². The van der Waals surface area contributed by atoms with Gasteiger partial charge in [-0.3, -0.25) is 9.59 Å². The fourth-order valence-electron chi connectivity index (χ4n) is 3.50. The highest BCUT2D eigenvalue weighted by Crippen LogP contribution is 2.36. The average Bonchev–Trinajstić information content (AvgIpc) is 3.27. The second-order valence-electron chi connectivity index (χ2n) is 8.54. The summed E-state index contributed by atoms with van der Waals surface area (Å²) in [6.07, 6.45) is -8.89. The van der Waals surface area contributed by atoms with Gasteiger partial charge in [-0.1, -0.05) is 0 Å². The molecular weight excluding hydrogens is 534 g/mol. The number of rotatable bonds is 8. The average molecular weight is 558 g/mol. The molecule has 3 aromatic rings. The molecule has 0 aliphatic rings. The summed E-state index contributed by atoms with van der Waals surface area (Å²) < 4.78 is 85.3. The number of alkyl halides is 6. The van der Waals surface area contributed by atoms with Gasteiger partial charge in [-0.15, -0.1) is 5.10 Å². The smallest absolute Gasteiger partial charge is 0.383 e. The highest BCUT2D eigenvalue weighted by Gasteiger charge is 2.37. The zero-order valence-electron chi connectivity index (χ0n) is 21.2. The second kappa shape index (κ2) is 11.4. The van der Waals surface area contributed by atoms with Crippen molar-refractivity contribution in [1.82, 2.24) is 30.0 Å². The van der Waals surface area contributed by atoms with Gasteiger partial charge in [0.25, 0.3) is 11.8 Å². The number of nitrogens with zero attached hydrogens (tertiary/aromatic N) is 5. The number of pyridine rings is 1. The highest BCUT2D eigenvalue weighted by molar-refractivity contribution is 5.95. The lowest BCUT2D eigenvalue weighted by molar-refractivity contribution is -0.143. The molecule has 3 rings (SSSR count). The van der Waals surface area contributed by atoms with Gasteiger partial charge < -0.3 is 15.0 Å². The molecule has 15 heteroatoms. The molecule has 0 saturated heterocycles. The van der Waals surface area contributed by atoms with Crippen LogP contribution in [0.3, 0.4) is 0 Å². The van der Waals surface area contributed by atoms with Crippen LogP contribution in [0.15, 0.2) is 36.5 Å². The Labute approximate surface area is 218 Å². The van der Waals surface area contributed by atoms with Gasteiger partial charge in [0.05, 0.1) is 29.3 Å². The minimum Gasteiger partial charge on any atom is -0.383 e. The van der Waals surface area contributed by atoms with Gasteiger partial charge in [0.2, 0.25) is 0 Å². The van der Waals surface area contributed by atoms with Gasteiger partial charge in [0.15, 0.2) is 11.6 Å². The van der Waals surface area contributed by atoms with E-state index in [0.29, 0.717) is 25.3 Å². The van der Waals surface area contributed by atoms with E-state index >= 15 is 0 Å². The fourth-order valence-corrected chi connectivity index (χ4v) is 3.50. The summed E-state index contributed by atoms with van der Waals surface area (Å²) in [6.45, 7) is 3.67. The number of nitrogens with one attached hydrogen (secondary N) is 1. The van der Waals surface area contributed by atoms with E-state index < -0.39 is 41.0 Å². The SMILES string of the molecule is COCCN(C)C(=O)c1ccc(-n2nc(C)nc2[C@H](C)NC(=O)c2cc(C(F)(F)F)cc(C(F)(F)F)c2)nc1. The van der Waals surface area contributed by atoms with Crippen LogP contribution in [0.4, 0.5) is 26.3 Å². The van der Waals surface area contributed by atoms with Crippen LogP contribution in [0.1, 0.15) is 56.5 Å². The van der Waals surface area contributed by atoms with E-state index in [2.05, 4.69) is 20.4 Å². The van der Waals surface area contributed by atoms with Crippen LogP contribution in [-0.2, 0) is 17.1 Å². The lowest BCUT2D eigenvalue weighted by atomic mass is 10.0. The van der Waals surface area contributed by atoms with E-state index in [4.69, 9.17) is 4.74 Å². The summed E-state index contributed by atoms with van der Waals surface area (Å²) in [5, 5.41) is 6.57. The minimum atomic E-state index is -5.10. The van der Waals surface area contributed by atoms with Gasteiger partial charge in [0, 0.05) is 32.5 Å². The standard InChI is InChI=1S/C24H24F6N6O3/c1-13(32-21(37)16-9-17(23(25,26)27)11-18(10-16)24(28,29)30)20-33-14(2)34-36(20)19-6-5-15(12-31-19)22(38)35(3)7-8-39-4/h5-6,9-13H,7-8H2,1-4H3,(H,32,37)/t13-/m0/s1. The topological polar surface area (TPSA) is 102 Å². The predicted octanol–water partition coefficient (Wildman–Crippen LogP) is 4.22. The molecule has 1 aromatic carbocycles. The van der Waals surface area contributed by atoms with Crippen LogP contribution in [0.5, 0.6) is 0 Å². The number of benzene rings is 1. The molecule has 210 valence electrons. The number of ether oxygens (including phenoxy) is 1. The lowest BCUT2D eigenvalue weighted by Gasteiger charge is -2.17. The van der Waals surface area contributed by atoms with Crippen molar-refractivity contribution in [2.45, 2.75) is 32.2 Å². The summed E-state index contributed by atoms with van der Waals surface area (Å²) in [5.41, 5.74) is -3.77. The maximum atomic E-state index is 13.2. The number of amides is 2. The number of methoxy groups -OCH3 is 1. The Kier molecular flexibility index (Phi) is 8.63. The van der Waals surface area contributed by atoms with Crippen LogP contribution in [0, 0.1) is 6.92 Å². The van der Waals surface area contributed by atoms with Crippen molar-refractivity contribution in [1.29, 1.82) is 0 Å². The third-order valence-electron chi connectivity index (χ3n) is 5.51. The predicted molar refractivity (Wildman–Crippen MR) is 125 cm³/mol. The first-order valence-electron chi connectivity index (χ1n) is 11.4. The quantitative estimate of drug-likeness (QED) is 0.416. The first-order chi connectivity index (χ1) is 18.1. The van der Waals surface area contributed by atoms with Crippen molar-refractivity contribution in [2.24, 2.45) is 0 Å². The van der Waals surface area contributed by atoms with E-state index in [0.717, 1.165) is 0 Å². The number of aromatic nitrogens is 4. The van der Waals surface area contributed by atoms with Gasteiger partial charge >= 0.3 is 12.4 Å². The monoisotopic (exact) mass is 558 g/mol. The lowest BCUT2D eigenvalue weighted by Crippen LogP contribution is -2.30. The molecule has 0 fully saturated rings. The van der Waals surface area contributed by atoms with Gasteiger partial charge in [-0.25, -0.2) is 9.97 Å². The molecule has 0 saturated carbocycles. The molecule has 1 N–H and O–H groups in total. The van der Waals surface area contributed by atoms with Crippen LogP contribution >= 0.6 is 0 Å². The minimum absolute atomic E-state index is 0.0599.